The zero-order valence-corrected chi connectivity index (χ0v) is 13.2. The lowest BCUT2D eigenvalue weighted by Gasteiger charge is -2.29. The molecule has 0 amide bonds. The fourth-order valence-electron chi connectivity index (χ4n) is 3.47. The van der Waals surface area contributed by atoms with Gasteiger partial charge in [-0.05, 0) is 41.8 Å². The molecule has 24 heavy (non-hydrogen) atoms. The Bertz CT molecular complexity index is 926. The standard InChI is InChI=1S/C19H17N3O2/c1-2-4-15-14(3-1)21-11-16(22-15)19-13-10-18-17(23-7-8-24-18)9-12(13)5-6-20-19/h1-4,9-11,19-20H,5-8H2. The van der Waals surface area contributed by atoms with E-state index in [1.807, 2.05) is 30.5 Å². The minimum absolute atomic E-state index is 0.0293. The Morgan fingerprint density at radius 1 is 1.00 bits per heavy atom. The van der Waals surface area contributed by atoms with Crippen molar-refractivity contribution in [1.29, 1.82) is 0 Å². The van der Waals surface area contributed by atoms with E-state index >= 15 is 0 Å². The molecule has 0 saturated carbocycles. The summed E-state index contributed by atoms with van der Waals surface area (Å²) in [5.41, 5.74) is 5.26. The molecule has 0 fully saturated rings. The van der Waals surface area contributed by atoms with Crippen LogP contribution in [-0.2, 0) is 6.42 Å². The van der Waals surface area contributed by atoms with Gasteiger partial charge in [-0.1, -0.05) is 12.1 Å². The van der Waals surface area contributed by atoms with E-state index in [-0.39, 0.29) is 6.04 Å². The number of fused-ring (bicyclic) bond motifs is 3. The van der Waals surface area contributed by atoms with Crippen LogP contribution in [0.15, 0.2) is 42.6 Å². The van der Waals surface area contributed by atoms with Crippen molar-refractivity contribution in [1.82, 2.24) is 15.3 Å². The molecular formula is C19H17N3O2. The molecular weight excluding hydrogens is 302 g/mol. The lowest BCUT2D eigenvalue weighted by Crippen LogP contribution is -2.31. The van der Waals surface area contributed by atoms with E-state index in [1.54, 1.807) is 0 Å². The third kappa shape index (κ3) is 2.20. The average molecular weight is 319 g/mol. The molecule has 0 spiro atoms. The van der Waals surface area contributed by atoms with E-state index in [4.69, 9.17) is 14.5 Å². The molecule has 2 aliphatic rings. The maximum Gasteiger partial charge on any atom is 0.161 e. The second-order valence-corrected chi connectivity index (χ2v) is 6.12. The van der Waals surface area contributed by atoms with Crippen LogP contribution in [0.2, 0.25) is 0 Å². The smallest absolute Gasteiger partial charge is 0.161 e. The molecule has 5 rings (SSSR count). The van der Waals surface area contributed by atoms with Crippen molar-refractivity contribution in [2.24, 2.45) is 0 Å². The van der Waals surface area contributed by atoms with Crippen molar-refractivity contribution in [3.8, 4) is 11.5 Å². The predicted octanol–water partition coefficient (Wildman–Crippen LogP) is 2.64. The summed E-state index contributed by atoms with van der Waals surface area (Å²) in [4.78, 5) is 9.37. The Morgan fingerprint density at radius 3 is 2.67 bits per heavy atom. The number of aromatic nitrogens is 2. The second kappa shape index (κ2) is 5.46. The highest BCUT2D eigenvalue weighted by Gasteiger charge is 2.26. The highest BCUT2D eigenvalue weighted by Crippen LogP contribution is 2.38. The van der Waals surface area contributed by atoms with Crippen molar-refractivity contribution in [3.63, 3.8) is 0 Å². The van der Waals surface area contributed by atoms with Gasteiger partial charge in [0.05, 0.1) is 29.0 Å². The molecule has 3 aromatic rings. The van der Waals surface area contributed by atoms with Crippen LogP contribution in [0.3, 0.4) is 0 Å². The van der Waals surface area contributed by atoms with Gasteiger partial charge < -0.3 is 14.8 Å². The second-order valence-electron chi connectivity index (χ2n) is 6.12. The van der Waals surface area contributed by atoms with Crippen molar-refractivity contribution in [2.45, 2.75) is 12.5 Å². The summed E-state index contributed by atoms with van der Waals surface area (Å²) in [6.45, 7) is 2.12. The third-order valence-electron chi connectivity index (χ3n) is 4.62. The van der Waals surface area contributed by atoms with Crippen LogP contribution in [0.25, 0.3) is 11.0 Å². The van der Waals surface area contributed by atoms with Gasteiger partial charge in [0.15, 0.2) is 11.5 Å². The first-order valence-corrected chi connectivity index (χ1v) is 8.26. The lowest BCUT2D eigenvalue weighted by molar-refractivity contribution is 0.171. The first-order valence-electron chi connectivity index (χ1n) is 8.26. The van der Waals surface area contributed by atoms with E-state index in [0.29, 0.717) is 13.2 Å². The van der Waals surface area contributed by atoms with Gasteiger partial charge in [-0.15, -0.1) is 0 Å². The molecule has 2 aliphatic heterocycles. The summed E-state index contributed by atoms with van der Waals surface area (Å²) < 4.78 is 11.5. The number of hydrogen-bond donors (Lipinski definition) is 1. The fraction of sp³-hybridized carbons (Fsp3) is 0.263. The summed E-state index contributed by atoms with van der Waals surface area (Å²) in [7, 11) is 0. The van der Waals surface area contributed by atoms with E-state index < -0.39 is 0 Å². The van der Waals surface area contributed by atoms with Crippen molar-refractivity contribution in [2.75, 3.05) is 19.8 Å². The molecule has 1 aromatic heterocycles. The van der Waals surface area contributed by atoms with Gasteiger partial charge in [-0.25, -0.2) is 4.98 Å². The molecule has 1 atom stereocenters. The molecule has 3 heterocycles. The van der Waals surface area contributed by atoms with E-state index in [1.165, 1.54) is 11.1 Å². The molecule has 5 nitrogen and oxygen atoms in total. The van der Waals surface area contributed by atoms with Gasteiger partial charge in [-0.2, -0.15) is 0 Å². The van der Waals surface area contributed by atoms with Crippen LogP contribution in [0, 0.1) is 0 Å². The molecule has 5 heteroatoms. The Labute approximate surface area is 139 Å². The van der Waals surface area contributed by atoms with Gasteiger partial charge in [0.25, 0.3) is 0 Å². The van der Waals surface area contributed by atoms with Crippen molar-refractivity contribution < 1.29 is 9.47 Å². The average Bonchev–Trinajstić information content (AvgIpc) is 2.65. The van der Waals surface area contributed by atoms with E-state index in [9.17, 15) is 0 Å². The molecule has 0 bridgehead atoms. The first kappa shape index (κ1) is 13.7. The monoisotopic (exact) mass is 319 g/mol. The Morgan fingerprint density at radius 2 is 1.79 bits per heavy atom. The summed E-state index contributed by atoms with van der Waals surface area (Å²) in [5, 5.41) is 3.56. The first-order chi connectivity index (χ1) is 11.9. The molecule has 1 unspecified atom stereocenters. The number of rotatable bonds is 1. The van der Waals surface area contributed by atoms with Crippen LogP contribution >= 0.6 is 0 Å². The largest absolute Gasteiger partial charge is 0.486 e. The van der Waals surface area contributed by atoms with Crippen LogP contribution in [0.1, 0.15) is 22.9 Å². The molecule has 120 valence electrons. The number of para-hydroxylation sites is 2. The summed E-state index contributed by atoms with van der Waals surface area (Å²) in [6.07, 6.45) is 2.84. The SMILES string of the molecule is c1ccc2nc(C3NCCc4cc5c(cc43)OCCO5)cnc2c1. The topological polar surface area (TPSA) is 56.3 Å². The number of benzene rings is 2. The maximum absolute atomic E-state index is 5.76. The maximum atomic E-state index is 5.76. The number of hydrogen-bond acceptors (Lipinski definition) is 5. The van der Waals surface area contributed by atoms with Gasteiger partial charge in [0.2, 0.25) is 0 Å². The van der Waals surface area contributed by atoms with Crippen LogP contribution < -0.4 is 14.8 Å². The van der Waals surface area contributed by atoms with Gasteiger partial charge in [-0.3, -0.25) is 4.98 Å². The zero-order chi connectivity index (χ0) is 15.9. The molecule has 0 saturated heterocycles. The van der Waals surface area contributed by atoms with Crippen LogP contribution in [0.4, 0.5) is 0 Å². The van der Waals surface area contributed by atoms with Gasteiger partial charge in [0.1, 0.15) is 13.2 Å². The highest BCUT2D eigenvalue weighted by molar-refractivity contribution is 5.73. The number of nitrogens with one attached hydrogen (secondary N) is 1. The minimum Gasteiger partial charge on any atom is -0.486 e. The summed E-state index contributed by atoms with van der Waals surface area (Å²) in [6, 6.07) is 12.2. The van der Waals surface area contributed by atoms with Crippen LogP contribution in [0.5, 0.6) is 11.5 Å². The quantitative estimate of drug-likeness (QED) is 0.747. The molecule has 0 radical (unpaired) electrons. The predicted molar refractivity (Wildman–Crippen MR) is 90.5 cm³/mol. The normalized spacial score (nSPS) is 19.1. The van der Waals surface area contributed by atoms with Gasteiger partial charge >= 0.3 is 0 Å². The minimum atomic E-state index is 0.0293. The zero-order valence-electron chi connectivity index (χ0n) is 13.2. The van der Waals surface area contributed by atoms with Gasteiger partial charge in [0, 0.05) is 6.54 Å². The Kier molecular flexibility index (Phi) is 3.13. The molecule has 1 N–H and O–H groups in total. The van der Waals surface area contributed by atoms with E-state index in [0.717, 1.165) is 41.2 Å². The van der Waals surface area contributed by atoms with Crippen molar-refractivity contribution in [3.05, 3.63) is 59.4 Å². The molecule has 2 aromatic carbocycles. The summed E-state index contributed by atoms with van der Waals surface area (Å²) >= 11 is 0. The van der Waals surface area contributed by atoms with E-state index in [2.05, 4.69) is 22.4 Å². The number of ether oxygens (including phenoxy) is 2. The Balaban J connectivity index is 1.62. The van der Waals surface area contributed by atoms with Crippen LogP contribution in [-0.4, -0.2) is 29.7 Å². The van der Waals surface area contributed by atoms with Crippen molar-refractivity contribution >= 4 is 11.0 Å². The number of nitrogens with zero attached hydrogens (tertiary/aromatic N) is 2. The Hall–Kier alpha value is -2.66. The summed E-state index contributed by atoms with van der Waals surface area (Å²) in [5.74, 6) is 1.67. The third-order valence-corrected chi connectivity index (χ3v) is 4.62. The fourth-order valence-corrected chi connectivity index (χ4v) is 3.47. The lowest BCUT2D eigenvalue weighted by atomic mass is 9.91. The highest BCUT2D eigenvalue weighted by atomic mass is 16.6. The molecule has 0 aliphatic carbocycles.